The van der Waals surface area contributed by atoms with Gasteiger partial charge in [0.1, 0.15) is 6.79 Å². The van der Waals surface area contributed by atoms with Crippen LogP contribution in [0.15, 0.2) is 12.7 Å². The summed E-state index contributed by atoms with van der Waals surface area (Å²) in [4.78, 5) is 0. The second kappa shape index (κ2) is 9.58. The lowest BCUT2D eigenvalue weighted by atomic mass is 9.45. The van der Waals surface area contributed by atoms with Gasteiger partial charge in [0, 0.05) is 13.0 Å². The van der Waals surface area contributed by atoms with Crippen molar-refractivity contribution in [2.24, 2.45) is 22.7 Å². The molecule has 2 aliphatic rings. The molecule has 0 bridgehead atoms. The van der Waals surface area contributed by atoms with Crippen molar-refractivity contribution in [3.8, 4) is 0 Å². The van der Waals surface area contributed by atoms with E-state index in [2.05, 4.69) is 74.2 Å². The Morgan fingerprint density at radius 1 is 1.03 bits per heavy atom. The van der Waals surface area contributed by atoms with Crippen LogP contribution in [0.25, 0.3) is 0 Å². The Morgan fingerprint density at radius 3 is 2.23 bits per heavy atom. The number of hydrogen-bond donors (Lipinski definition) is 0. The molecule has 0 heterocycles. The summed E-state index contributed by atoms with van der Waals surface area (Å²) in [5.74, 6) is 0.871. The molecular formula is C26H50O4Si. The second-order valence-corrected chi connectivity index (χ2v) is 17.3. The zero-order valence-electron chi connectivity index (χ0n) is 22.1. The maximum absolute atomic E-state index is 7.03. The Balaban J connectivity index is 2.20. The standard InChI is InChI=1S/C26H50O4Si/c1-12-20-25(7)15-14-22(30-31(10,11)23(2,3)4)24(5,6)21(25)13-16-26(20,8)29-19-28-18-17-27-9/h12,20-22H,1,13-19H2,2-11H3/t20-,21+,22+,25-,26-/m1/s1. The van der Waals surface area contributed by atoms with Gasteiger partial charge in [-0.15, -0.1) is 6.58 Å². The first-order valence-electron chi connectivity index (χ1n) is 12.2. The molecule has 2 aliphatic carbocycles. The van der Waals surface area contributed by atoms with Crippen LogP contribution in [0.5, 0.6) is 0 Å². The third-order valence-electron chi connectivity index (χ3n) is 9.15. The van der Waals surface area contributed by atoms with Gasteiger partial charge in [0.2, 0.25) is 0 Å². The summed E-state index contributed by atoms with van der Waals surface area (Å²) in [6, 6.07) is 0. The van der Waals surface area contributed by atoms with E-state index in [9.17, 15) is 0 Å². The highest BCUT2D eigenvalue weighted by molar-refractivity contribution is 6.74. The average Bonchev–Trinajstić information content (AvgIpc) is 2.63. The Bertz CT molecular complexity index is 611. The second-order valence-electron chi connectivity index (χ2n) is 12.5. The van der Waals surface area contributed by atoms with Crippen LogP contribution in [0.1, 0.15) is 74.1 Å². The molecule has 0 radical (unpaired) electrons. The molecule has 0 unspecified atom stereocenters. The number of fused-ring (bicyclic) bond motifs is 1. The van der Waals surface area contributed by atoms with Gasteiger partial charge in [0.05, 0.1) is 24.9 Å². The van der Waals surface area contributed by atoms with Crippen molar-refractivity contribution >= 4 is 8.32 Å². The molecule has 2 rings (SSSR count). The maximum Gasteiger partial charge on any atom is 0.192 e. The number of hydrogen-bond acceptors (Lipinski definition) is 4. The zero-order chi connectivity index (χ0) is 23.7. The molecule has 2 saturated carbocycles. The Kier molecular flexibility index (Phi) is 8.35. The van der Waals surface area contributed by atoms with Gasteiger partial charge in [-0.05, 0) is 67.5 Å². The zero-order valence-corrected chi connectivity index (χ0v) is 23.1. The summed E-state index contributed by atoms with van der Waals surface area (Å²) in [6.45, 7) is 27.1. The van der Waals surface area contributed by atoms with Crippen molar-refractivity contribution in [1.82, 2.24) is 0 Å². The summed E-state index contributed by atoms with van der Waals surface area (Å²) >= 11 is 0. The van der Waals surface area contributed by atoms with E-state index >= 15 is 0 Å². The van der Waals surface area contributed by atoms with Crippen LogP contribution in [0.4, 0.5) is 0 Å². The molecule has 0 aromatic rings. The molecule has 0 spiro atoms. The number of ether oxygens (including phenoxy) is 3. The predicted molar refractivity (Wildman–Crippen MR) is 132 cm³/mol. The predicted octanol–water partition coefficient (Wildman–Crippen LogP) is 6.81. The maximum atomic E-state index is 7.03. The van der Waals surface area contributed by atoms with Crippen LogP contribution in [-0.2, 0) is 18.6 Å². The van der Waals surface area contributed by atoms with Crippen LogP contribution in [-0.4, -0.2) is 47.1 Å². The molecule has 5 heteroatoms. The number of rotatable bonds is 9. The lowest BCUT2D eigenvalue weighted by molar-refractivity contribution is -0.224. The summed E-state index contributed by atoms with van der Waals surface area (Å²) in [6.07, 6.45) is 6.91. The normalized spacial score (nSPS) is 36.1. The number of methoxy groups -OCH3 is 1. The SMILES string of the molecule is C=C[C@@H]1[C@@]2(C)CC[C@H](O[Si](C)(C)C(C)(C)C)C(C)(C)[C@@H]2CC[C@@]1(C)OCOCCOC. The van der Waals surface area contributed by atoms with Crippen molar-refractivity contribution in [2.45, 2.75) is 104 Å². The van der Waals surface area contributed by atoms with Gasteiger partial charge in [-0.1, -0.05) is 47.6 Å². The van der Waals surface area contributed by atoms with Gasteiger partial charge in [0.25, 0.3) is 0 Å². The lowest BCUT2D eigenvalue weighted by Gasteiger charge is -2.64. The third kappa shape index (κ3) is 5.32. The first kappa shape index (κ1) is 27.0. The summed E-state index contributed by atoms with van der Waals surface area (Å²) in [7, 11) is -0.127. The molecule has 31 heavy (non-hydrogen) atoms. The molecule has 0 saturated heterocycles. The molecule has 4 nitrogen and oxygen atoms in total. The minimum Gasteiger partial charge on any atom is -0.413 e. The van der Waals surface area contributed by atoms with Crippen LogP contribution < -0.4 is 0 Å². The van der Waals surface area contributed by atoms with Gasteiger partial charge in [-0.2, -0.15) is 0 Å². The van der Waals surface area contributed by atoms with Gasteiger partial charge >= 0.3 is 0 Å². The topological polar surface area (TPSA) is 36.9 Å². The quantitative estimate of drug-likeness (QED) is 0.166. The third-order valence-corrected chi connectivity index (χ3v) is 13.6. The van der Waals surface area contributed by atoms with Gasteiger partial charge in [0.15, 0.2) is 8.32 Å². The van der Waals surface area contributed by atoms with E-state index in [1.54, 1.807) is 7.11 Å². The molecule has 5 atom stereocenters. The van der Waals surface area contributed by atoms with Crippen molar-refractivity contribution in [1.29, 1.82) is 0 Å². The molecule has 0 amide bonds. The Labute approximate surface area is 193 Å². The lowest BCUT2D eigenvalue weighted by Crippen LogP contribution is -2.62. The van der Waals surface area contributed by atoms with E-state index in [-0.39, 0.29) is 27.4 Å². The van der Waals surface area contributed by atoms with Crippen molar-refractivity contribution in [3.63, 3.8) is 0 Å². The highest BCUT2D eigenvalue weighted by Gasteiger charge is 2.61. The van der Waals surface area contributed by atoms with Crippen LogP contribution in [0, 0.1) is 22.7 Å². The fourth-order valence-electron chi connectivity index (χ4n) is 6.22. The Hall–Kier alpha value is -0.203. The molecule has 182 valence electrons. The molecule has 0 N–H and O–H groups in total. The Morgan fingerprint density at radius 2 is 1.68 bits per heavy atom. The smallest absolute Gasteiger partial charge is 0.192 e. The molecule has 0 aliphatic heterocycles. The van der Waals surface area contributed by atoms with Crippen molar-refractivity contribution in [2.75, 3.05) is 27.1 Å². The molecule has 2 fully saturated rings. The van der Waals surface area contributed by atoms with E-state index in [0.29, 0.717) is 32.0 Å². The first-order valence-corrected chi connectivity index (χ1v) is 15.1. The van der Waals surface area contributed by atoms with E-state index in [4.69, 9.17) is 18.6 Å². The minimum absolute atomic E-state index is 0.125. The fraction of sp³-hybridized carbons (Fsp3) is 0.923. The van der Waals surface area contributed by atoms with Crippen LogP contribution >= 0.6 is 0 Å². The first-order chi connectivity index (χ1) is 14.2. The highest BCUT2D eigenvalue weighted by atomic mass is 28.4. The largest absolute Gasteiger partial charge is 0.413 e. The van der Waals surface area contributed by atoms with Crippen molar-refractivity contribution in [3.05, 3.63) is 12.7 Å². The van der Waals surface area contributed by atoms with Gasteiger partial charge in [-0.3, -0.25) is 0 Å². The summed E-state index contributed by atoms with van der Waals surface area (Å²) < 4.78 is 24.1. The summed E-state index contributed by atoms with van der Waals surface area (Å²) in [5.41, 5.74) is 0.0292. The van der Waals surface area contributed by atoms with Gasteiger partial charge in [-0.25, -0.2) is 0 Å². The average molecular weight is 455 g/mol. The molecule has 0 aromatic carbocycles. The van der Waals surface area contributed by atoms with E-state index in [1.165, 1.54) is 0 Å². The van der Waals surface area contributed by atoms with Crippen LogP contribution in [0.3, 0.4) is 0 Å². The monoisotopic (exact) mass is 454 g/mol. The van der Waals surface area contributed by atoms with Crippen molar-refractivity contribution < 1.29 is 18.6 Å². The molecular weight excluding hydrogens is 404 g/mol. The molecule has 0 aromatic heterocycles. The minimum atomic E-state index is -1.82. The van der Waals surface area contributed by atoms with Gasteiger partial charge < -0.3 is 18.6 Å². The van der Waals surface area contributed by atoms with Crippen LogP contribution in [0.2, 0.25) is 18.1 Å². The van der Waals surface area contributed by atoms with E-state index in [0.717, 1.165) is 25.7 Å². The summed E-state index contributed by atoms with van der Waals surface area (Å²) in [5, 5.41) is 0.231. The highest BCUT2D eigenvalue weighted by Crippen LogP contribution is 2.64. The van der Waals surface area contributed by atoms with E-state index in [1.807, 2.05) is 0 Å². The van der Waals surface area contributed by atoms with E-state index < -0.39 is 8.32 Å². The fourth-order valence-corrected chi connectivity index (χ4v) is 7.71.